The van der Waals surface area contributed by atoms with Crippen LogP contribution in [0.1, 0.15) is 36.1 Å². The first-order valence-corrected chi connectivity index (χ1v) is 9.28. The lowest BCUT2D eigenvalue weighted by Crippen LogP contribution is -2.18. The third-order valence-electron chi connectivity index (χ3n) is 3.93. The molecule has 0 aromatic heterocycles. The molecule has 0 fully saturated rings. The number of hydrogen-bond acceptors (Lipinski definition) is 2. The molecule has 0 amide bonds. The van der Waals surface area contributed by atoms with E-state index in [2.05, 4.69) is 16.9 Å². The van der Waals surface area contributed by atoms with Crippen molar-refractivity contribution in [2.24, 2.45) is 10.8 Å². The molecule has 0 radical (unpaired) electrons. The normalized spacial score (nSPS) is 12.4. The zero-order valence-electron chi connectivity index (χ0n) is 15.7. The van der Waals surface area contributed by atoms with Gasteiger partial charge in [-0.2, -0.15) is 0 Å². The second-order valence-corrected chi connectivity index (χ2v) is 7.45. The van der Waals surface area contributed by atoms with Crippen molar-refractivity contribution in [2.75, 3.05) is 0 Å². The summed E-state index contributed by atoms with van der Waals surface area (Å²) in [6.07, 6.45) is 1.63. The molecule has 2 rings (SSSR count). The Morgan fingerprint density at radius 2 is 1.42 bits per heavy atom. The standard InChI is InChI=1S/C10H12ClN3.C10H14ClN/c1-7-3-4-10(11)6-9(7)5-8(2)13-14-12;1-7-3-4-10(11)6-9(7)5-8(2)12/h3-4,6,8H,5H2,1-2H3;3-4,6,8H,5,12H2,1-2H3/t2*8-/m00/s1. The zero-order valence-corrected chi connectivity index (χ0v) is 17.2. The van der Waals surface area contributed by atoms with E-state index in [-0.39, 0.29) is 12.1 Å². The van der Waals surface area contributed by atoms with Gasteiger partial charge in [-0.3, -0.25) is 0 Å². The molecule has 0 aliphatic heterocycles. The molecule has 2 aromatic carbocycles. The quantitative estimate of drug-likeness (QED) is 0.355. The second kappa shape index (κ2) is 11.1. The molecule has 0 saturated carbocycles. The van der Waals surface area contributed by atoms with Crippen LogP contribution in [0, 0.1) is 13.8 Å². The molecule has 2 aromatic rings. The lowest BCUT2D eigenvalue weighted by atomic mass is 10.0. The summed E-state index contributed by atoms with van der Waals surface area (Å²) in [5, 5.41) is 5.14. The van der Waals surface area contributed by atoms with Crippen molar-refractivity contribution in [3.05, 3.63) is 79.1 Å². The fraction of sp³-hybridized carbons (Fsp3) is 0.400. The molecule has 0 unspecified atom stereocenters. The van der Waals surface area contributed by atoms with Crippen molar-refractivity contribution >= 4 is 23.2 Å². The number of rotatable bonds is 5. The monoisotopic (exact) mass is 392 g/mol. The van der Waals surface area contributed by atoms with Crippen molar-refractivity contribution < 1.29 is 0 Å². The van der Waals surface area contributed by atoms with E-state index in [4.69, 9.17) is 34.5 Å². The summed E-state index contributed by atoms with van der Waals surface area (Å²) in [7, 11) is 0. The van der Waals surface area contributed by atoms with Crippen LogP contribution >= 0.6 is 23.2 Å². The van der Waals surface area contributed by atoms with E-state index in [0.29, 0.717) is 0 Å². The van der Waals surface area contributed by atoms with Gasteiger partial charge in [-0.05, 0) is 85.7 Å². The Labute approximate surface area is 165 Å². The molecule has 0 spiro atoms. The molecule has 0 saturated heterocycles. The lowest BCUT2D eigenvalue weighted by Gasteiger charge is -2.08. The first kappa shape index (κ1) is 22.3. The number of nitrogens with zero attached hydrogens (tertiary/aromatic N) is 3. The Morgan fingerprint density at radius 3 is 1.85 bits per heavy atom. The summed E-state index contributed by atoms with van der Waals surface area (Å²) in [5.41, 5.74) is 18.8. The lowest BCUT2D eigenvalue weighted by molar-refractivity contribution is 0.728. The van der Waals surface area contributed by atoms with Crippen LogP contribution in [0.5, 0.6) is 0 Å². The fourth-order valence-corrected chi connectivity index (χ4v) is 2.90. The maximum Gasteiger partial charge on any atom is 0.0408 e. The van der Waals surface area contributed by atoms with Gasteiger partial charge < -0.3 is 5.73 Å². The van der Waals surface area contributed by atoms with Gasteiger partial charge in [-0.25, -0.2) is 0 Å². The Kier molecular flexibility index (Phi) is 9.53. The van der Waals surface area contributed by atoms with Crippen LogP contribution in [0.15, 0.2) is 41.5 Å². The van der Waals surface area contributed by atoms with E-state index in [1.165, 1.54) is 16.7 Å². The highest BCUT2D eigenvalue weighted by Crippen LogP contribution is 2.18. The highest BCUT2D eigenvalue weighted by molar-refractivity contribution is 6.30. The Balaban J connectivity index is 0.000000263. The Bertz CT molecular complexity index is 768. The van der Waals surface area contributed by atoms with Gasteiger partial charge in [0.25, 0.3) is 0 Å². The minimum absolute atomic E-state index is 0.0304. The number of aryl methyl sites for hydroxylation is 2. The summed E-state index contributed by atoms with van der Waals surface area (Å²) < 4.78 is 0. The first-order valence-electron chi connectivity index (χ1n) is 8.52. The predicted octanol–water partition coefficient (Wildman–Crippen LogP) is 6.43. The van der Waals surface area contributed by atoms with Crippen molar-refractivity contribution in [3.8, 4) is 0 Å². The number of nitrogens with two attached hydrogens (primary N) is 1. The van der Waals surface area contributed by atoms with Gasteiger partial charge in [0, 0.05) is 27.0 Å². The smallest absolute Gasteiger partial charge is 0.0408 e. The molecule has 0 aliphatic carbocycles. The number of hydrogen-bond donors (Lipinski definition) is 1. The average Bonchev–Trinajstić information content (AvgIpc) is 2.55. The van der Waals surface area contributed by atoms with Gasteiger partial charge >= 0.3 is 0 Å². The molecule has 0 heterocycles. The highest BCUT2D eigenvalue weighted by atomic mass is 35.5. The SMILES string of the molecule is Cc1ccc(Cl)cc1C[C@H](C)N.Cc1ccc(Cl)cc1C[C@H](C)N=[N+]=[N-]. The molecular formula is C20H26Cl2N4. The molecule has 0 aliphatic rings. The van der Waals surface area contributed by atoms with Gasteiger partial charge in [0.15, 0.2) is 0 Å². The Hall–Kier alpha value is -1.71. The molecule has 2 N–H and O–H groups in total. The predicted molar refractivity (Wildman–Crippen MR) is 112 cm³/mol. The van der Waals surface area contributed by atoms with Gasteiger partial charge in [0.2, 0.25) is 0 Å². The summed E-state index contributed by atoms with van der Waals surface area (Å²) in [5.74, 6) is 0. The second-order valence-electron chi connectivity index (χ2n) is 6.58. The van der Waals surface area contributed by atoms with Crippen LogP contribution < -0.4 is 5.73 Å². The van der Waals surface area contributed by atoms with Gasteiger partial charge in [0.05, 0.1) is 0 Å². The number of halogens is 2. The maximum absolute atomic E-state index is 8.27. The van der Waals surface area contributed by atoms with Crippen molar-refractivity contribution in [3.63, 3.8) is 0 Å². The molecule has 4 nitrogen and oxygen atoms in total. The Morgan fingerprint density at radius 1 is 0.962 bits per heavy atom. The van der Waals surface area contributed by atoms with Crippen LogP contribution in [-0.2, 0) is 12.8 Å². The highest BCUT2D eigenvalue weighted by Gasteiger charge is 2.04. The molecular weight excluding hydrogens is 367 g/mol. The van der Waals surface area contributed by atoms with Crippen molar-refractivity contribution in [1.82, 2.24) is 0 Å². The maximum atomic E-state index is 8.27. The van der Waals surface area contributed by atoms with Crippen molar-refractivity contribution in [2.45, 2.75) is 52.6 Å². The van der Waals surface area contributed by atoms with Gasteiger partial charge in [-0.1, -0.05) is 47.4 Å². The topological polar surface area (TPSA) is 74.8 Å². The molecule has 2 atom stereocenters. The minimum atomic E-state index is -0.0304. The summed E-state index contributed by atoms with van der Waals surface area (Å²) in [6.45, 7) is 7.99. The van der Waals surface area contributed by atoms with Crippen LogP contribution in [0.25, 0.3) is 10.4 Å². The van der Waals surface area contributed by atoms with E-state index in [9.17, 15) is 0 Å². The molecule has 140 valence electrons. The third kappa shape index (κ3) is 8.11. The van der Waals surface area contributed by atoms with E-state index >= 15 is 0 Å². The molecule has 6 heteroatoms. The molecule has 0 bridgehead atoms. The minimum Gasteiger partial charge on any atom is -0.328 e. The number of benzene rings is 2. The van der Waals surface area contributed by atoms with Crippen LogP contribution in [-0.4, -0.2) is 12.1 Å². The summed E-state index contributed by atoms with van der Waals surface area (Å²) in [6, 6.07) is 11.8. The number of azide groups is 1. The van der Waals surface area contributed by atoms with Gasteiger partial charge in [0.1, 0.15) is 0 Å². The fourth-order valence-electron chi connectivity index (χ4n) is 2.51. The largest absolute Gasteiger partial charge is 0.328 e. The van der Waals surface area contributed by atoms with Crippen LogP contribution in [0.2, 0.25) is 10.0 Å². The first-order chi connectivity index (χ1) is 12.2. The van der Waals surface area contributed by atoms with E-state index in [1.807, 2.05) is 57.2 Å². The third-order valence-corrected chi connectivity index (χ3v) is 4.40. The van der Waals surface area contributed by atoms with Crippen LogP contribution in [0.3, 0.4) is 0 Å². The van der Waals surface area contributed by atoms with E-state index in [0.717, 1.165) is 28.5 Å². The summed E-state index contributed by atoms with van der Waals surface area (Å²) in [4.78, 5) is 2.78. The van der Waals surface area contributed by atoms with Gasteiger partial charge in [-0.15, -0.1) is 0 Å². The van der Waals surface area contributed by atoms with E-state index in [1.54, 1.807) is 0 Å². The zero-order chi connectivity index (χ0) is 19.7. The molecule has 26 heavy (non-hydrogen) atoms. The van der Waals surface area contributed by atoms with Crippen molar-refractivity contribution in [1.29, 1.82) is 0 Å². The summed E-state index contributed by atoms with van der Waals surface area (Å²) >= 11 is 11.7. The van der Waals surface area contributed by atoms with E-state index < -0.39 is 0 Å². The van der Waals surface area contributed by atoms with Crippen LogP contribution in [0.4, 0.5) is 0 Å². The average molecular weight is 393 g/mol.